The van der Waals surface area contributed by atoms with Gasteiger partial charge in [0, 0.05) is 11.9 Å². The van der Waals surface area contributed by atoms with E-state index >= 15 is 0 Å². The number of carboxylic acid groups (broad SMARTS) is 2. The maximum absolute atomic E-state index is 10.2. The molecule has 0 saturated heterocycles. The van der Waals surface area contributed by atoms with E-state index in [-0.39, 0.29) is 72.0 Å². The second-order valence-corrected chi connectivity index (χ2v) is 5.49. The largest absolute Gasteiger partial charge is 1.00 e. The molecule has 0 aromatic rings. The van der Waals surface area contributed by atoms with Crippen molar-refractivity contribution in [3.63, 3.8) is 0 Å². The molecule has 118 valence electrons. The van der Waals surface area contributed by atoms with Gasteiger partial charge in [-0.1, -0.05) is 64.2 Å². The van der Waals surface area contributed by atoms with Gasteiger partial charge >= 0.3 is 59.1 Å². The van der Waals surface area contributed by atoms with Gasteiger partial charge in [-0.25, -0.2) is 0 Å². The van der Waals surface area contributed by atoms with Crippen molar-refractivity contribution in [1.82, 2.24) is 0 Å². The average molecular weight is 330 g/mol. The summed E-state index contributed by atoms with van der Waals surface area (Å²) < 4.78 is 0. The third-order valence-electron chi connectivity index (χ3n) is 3.51. The molecule has 4 nitrogen and oxygen atoms in total. The summed E-state index contributed by atoms with van der Waals surface area (Å²) in [4.78, 5) is 20.4. The zero-order valence-electron chi connectivity index (χ0n) is 14.5. The topological polar surface area (TPSA) is 80.3 Å². The molecule has 0 unspecified atom stereocenters. The fraction of sp³-hybridized carbons (Fsp3) is 0.875. The third kappa shape index (κ3) is 25.9. The van der Waals surface area contributed by atoms with E-state index in [1.807, 2.05) is 0 Å². The van der Waals surface area contributed by atoms with E-state index in [0.29, 0.717) is 0 Å². The normalized spacial score (nSPS) is 9.64. The van der Waals surface area contributed by atoms with Crippen molar-refractivity contribution >= 4 is 11.9 Å². The Morgan fingerprint density at radius 3 is 0.818 bits per heavy atom. The van der Waals surface area contributed by atoms with Gasteiger partial charge in [0.05, 0.1) is 0 Å². The molecule has 0 spiro atoms. The SMILES string of the molecule is O=C([O-])CCCCCCCCCCCCCCC(=O)[O-].[Na+].[Na+]. The van der Waals surface area contributed by atoms with E-state index in [2.05, 4.69) is 0 Å². The Balaban J connectivity index is -0.00000180. The Labute approximate surface area is 179 Å². The second kappa shape index (κ2) is 21.9. The molecule has 0 aliphatic carbocycles. The summed E-state index contributed by atoms with van der Waals surface area (Å²) in [6.45, 7) is 0. The zero-order chi connectivity index (χ0) is 15.1. The fourth-order valence-corrected chi connectivity index (χ4v) is 2.31. The van der Waals surface area contributed by atoms with Crippen molar-refractivity contribution in [3.8, 4) is 0 Å². The van der Waals surface area contributed by atoms with Crippen LogP contribution in [-0.4, -0.2) is 11.9 Å². The van der Waals surface area contributed by atoms with Crippen LogP contribution in [0.4, 0.5) is 0 Å². The number of aliphatic carboxylic acids is 2. The Bertz CT molecular complexity index is 235. The van der Waals surface area contributed by atoms with Crippen LogP contribution in [0.5, 0.6) is 0 Å². The summed E-state index contributed by atoms with van der Waals surface area (Å²) in [6.07, 6.45) is 13.5. The third-order valence-corrected chi connectivity index (χ3v) is 3.51. The first-order valence-electron chi connectivity index (χ1n) is 8.02. The number of hydrogen-bond acceptors (Lipinski definition) is 4. The van der Waals surface area contributed by atoms with E-state index in [0.717, 1.165) is 38.5 Å². The molecule has 0 heterocycles. The van der Waals surface area contributed by atoms with Gasteiger partial charge in [0.25, 0.3) is 0 Å². The van der Waals surface area contributed by atoms with Crippen LogP contribution in [0.25, 0.3) is 0 Å². The van der Waals surface area contributed by atoms with E-state index in [9.17, 15) is 19.8 Å². The molecule has 0 aromatic carbocycles. The van der Waals surface area contributed by atoms with Crippen molar-refractivity contribution in [2.24, 2.45) is 0 Å². The van der Waals surface area contributed by atoms with Gasteiger partial charge in [0.15, 0.2) is 0 Å². The predicted octanol–water partition coefficient (Wildman–Crippen LogP) is -4.04. The van der Waals surface area contributed by atoms with Gasteiger partial charge in [0.1, 0.15) is 0 Å². The zero-order valence-corrected chi connectivity index (χ0v) is 18.5. The number of carbonyl (C=O) groups is 2. The second-order valence-electron chi connectivity index (χ2n) is 5.49. The first-order valence-corrected chi connectivity index (χ1v) is 8.02. The Kier molecular flexibility index (Phi) is 27.7. The first kappa shape index (κ1) is 27.8. The van der Waals surface area contributed by atoms with Crippen LogP contribution in [0.15, 0.2) is 0 Å². The molecule has 0 saturated carbocycles. The van der Waals surface area contributed by atoms with Crippen molar-refractivity contribution in [1.29, 1.82) is 0 Å². The molecule has 0 N–H and O–H groups in total. The molecule has 0 aromatic heterocycles. The van der Waals surface area contributed by atoms with Crippen LogP contribution >= 0.6 is 0 Å². The Morgan fingerprint density at radius 2 is 0.636 bits per heavy atom. The number of hydrogen-bond donors (Lipinski definition) is 0. The van der Waals surface area contributed by atoms with Crippen LogP contribution in [0.2, 0.25) is 0 Å². The number of unbranched alkanes of at least 4 members (excludes halogenated alkanes) is 11. The molecule has 0 atom stereocenters. The summed E-state index contributed by atoms with van der Waals surface area (Å²) in [5.74, 6) is -1.88. The van der Waals surface area contributed by atoms with Gasteiger partial charge < -0.3 is 19.8 Å². The summed E-state index contributed by atoms with van der Waals surface area (Å²) in [5, 5.41) is 20.4. The van der Waals surface area contributed by atoms with Crippen molar-refractivity contribution in [3.05, 3.63) is 0 Å². The van der Waals surface area contributed by atoms with Crippen LogP contribution in [0.3, 0.4) is 0 Å². The number of carbonyl (C=O) groups excluding carboxylic acids is 2. The van der Waals surface area contributed by atoms with Crippen molar-refractivity contribution < 1.29 is 78.9 Å². The summed E-state index contributed by atoms with van der Waals surface area (Å²) in [5.41, 5.74) is 0. The molecular formula is C16H28Na2O4. The quantitative estimate of drug-likeness (QED) is 0.226. The molecule has 0 aliphatic heterocycles. The molecule has 0 rings (SSSR count). The molecule has 22 heavy (non-hydrogen) atoms. The van der Waals surface area contributed by atoms with Gasteiger partial charge in [-0.15, -0.1) is 0 Å². The molecule has 0 amide bonds. The maximum atomic E-state index is 10.2. The summed E-state index contributed by atoms with van der Waals surface area (Å²) in [6, 6.07) is 0. The molecule has 0 bridgehead atoms. The van der Waals surface area contributed by atoms with Crippen molar-refractivity contribution in [2.75, 3.05) is 0 Å². The van der Waals surface area contributed by atoms with E-state index < -0.39 is 11.9 Å². The van der Waals surface area contributed by atoms with E-state index in [4.69, 9.17) is 0 Å². The van der Waals surface area contributed by atoms with Crippen LogP contribution < -0.4 is 69.3 Å². The average Bonchev–Trinajstić information content (AvgIpc) is 2.38. The molecule has 0 radical (unpaired) electrons. The monoisotopic (exact) mass is 330 g/mol. The van der Waals surface area contributed by atoms with E-state index in [1.54, 1.807) is 0 Å². The van der Waals surface area contributed by atoms with Crippen molar-refractivity contribution in [2.45, 2.75) is 89.9 Å². The smallest absolute Gasteiger partial charge is 0.550 e. The minimum absolute atomic E-state index is 0. The van der Waals surface area contributed by atoms with Gasteiger partial charge in [0.2, 0.25) is 0 Å². The standard InChI is InChI=1S/C16H30O4.2Na/c17-15(18)13-11-9-7-5-3-1-2-4-6-8-10-12-14-16(19)20;;/h1-14H2,(H,17,18)(H,19,20);;/q;2*+1/p-2. The molecule has 0 fully saturated rings. The molecular weight excluding hydrogens is 302 g/mol. The first-order chi connectivity index (χ1) is 9.63. The predicted molar refractivity (Wildman–Crippen MR) is 74.7 cm³/mol. The molecule has 6 heteroatoms. The van der Waals surface area contributed by atoms with Crippen LogP contribution in [0.1, 0.15) is 89.9 Å². The van der Waals surface area contributed by atoms with Gasteiger partial charge in [-0.05, 0) is 25.7 Å². The summed E-state index contributed by atoms with van der Waals surface area (Å²) >= 11 is 0. The molecule has 0 aliphatic rings. The Morgan fingerprint density at radius 1 is 0.455 bits per heavy atom. The van der Waals surface area contributed by atoms with Gasteiger partial charge in [-0.2, -0.15) is 0 Å². The van der Waals surface area contributed by atoms with Crippen LogP contribution in [0, 0.1) is 0 Å². The Hall–Kier alpha value is 0.940. The summed E-state index contributed by atoms with van der Waals surface area (Å²) in [7, 11) is 0. The van der Waals surface area contributed by atoms with E-state index in [1.165, 1.54) is 38.5 Å². The minimum Gasteiger partial charge on any atom is -0.550 e. The van der Waals surface area contributed by atoms with Crippen LogP contribution in [-0.2, 0) is 9.59 Å². The number of carboxylic acids is 2. The maximum Gasteiger partial charge on any atom is 1.00 e. The minimum atomic E-state index is -0.940. The van der Waals surface area contributed by atoms with Gasteiger partial charge in [-0.3, -0.25) is 0 Å². The fourth-order valence-electron chi connectivity index (χ4n) is 2.31. The number of rotatable bonds is 15.